The molecule has 0 aromatic carbocycles. The van der Waals surface area contributed by atoms with Crippen LogP contribution in [-0.4, -0.2) is 30.5 Å². The van der Waals surface area contributed by atoms with Crippen LogP contribution in [0.2, 0.25) is 0 Å². The lowest BCUT2D eigenvalue weighted by molar-refractivity contribution is 0.0944. The molecule has 100 valence electrons. The van der Waals surface area contributed by atoms with Gasteiger partial charge in [-0.3, -0.25) is 9.78 Å². The van der Waals surface area contributed by atoms with Gasteiger partial charge in [-0.1, -0.05) is 13.8 Å². The van der Waals surface area contributed by atoms with Gasteiger partial charge < -0.3 is 10.2 Å². The monoisotopic (exact) mass is 249 g/mol. The molecular formula is C14H23N3O. The SMILES string of the molecule is CCN(CC)c1ccnc(C(=O)NCC(C)C)c1. The molecule has 1 rings (SSSR count). The Morgan fingerprint density at radius 1 is 1.39 bits per heavy atom. The minimum Gasteiger partial charge on any atom is -0.372 e. The number of hydrogen-bond acceptors (Lipinski definition) is 3. The number of nitrogens with zero attached hydrogens (tertiary/aromatic N) is 2. The van der Waals surface area contributed by atoms with Crippen LogP contribution in [0.1, 0.15) is 38.2 Å². The van der Waals surface area contributed by atoms with Crippen molar-refractivity contribution in [3.8, 4) is 0 Å². The maximum atomic E-state index is 11.9. The van der Waals surface area contributed by atoms with Crippen LogP contribution in [0.3, 0.4) is 0 Å². The second kappa shape index (κ2) is 6.99. The van der Waals surface area contributed by atoms with Gasteiger partial charge in [-0.25, -0.2) is 0 Å². The van der Waals surface area contributed by atoms with E-state index >= 15 is 0 Å². The molecule has 1 aromatic rings. The molecule has 0 unspecified atom stereocenters. The fourth-order valence-electron chi connectivity index (χ4n) is 1.72. The van der Waals surface area contributed by atoms with Gasteiger partial charge in [0.15, 0.2) is 0 Å². The third kappa shape index (κ3) is 4.02. The first-order chi connectivity index (χ1) is 8.58. The first-order valence-electron chi connectivity index (χ1n) is 6.57. The minimum absolute atomic E-state index is 0.0993. The van der Waals surface area contributed by atoms with E-state index in [1.807, 2.05) is 12.1 Å². The Morgan fingerprint density at radius 2 is 2.06 bits per heavy atom. The van der Waals surface area contributed by atoms with Crippen molar-refractivity contribution in [1.82, 2.24) is 10.3 Å². The van der Waals surface area contributed by atoms with E-state index < -0.39 is 0 Å². The Kier molecular flexibility index (Phi) is 5.62. The van der Waals surface area contributed by atoms with E-state index in [2.05, 4.69) is 42.9 Å². The summed E-state index contributed by atoms with van der Waals surface area (Å²) in [6.07, 6.45) is 1.69. The summed E-state index contributed by atoms with van der Waals surface area (Å²) in [6, 6.07) is 3.79. The summed E-state index contributed by atoms with van der Waals surface area (Å²) in [5.74, 6) is 0.345. The van der Waals surface area contributed by atoms with Crippen LogP contribution in [0.15, 0.2) is 18.3 Å². The predicted molar refractivity (Wildman–Crippen MR) is 75.0 cm³/mol. The zero-order valence-corrected chi connectivity index (χ0v) is 11.7. The first-order valence-corrected chi connectivity index (χ1v) is 6.57. The zero-order valence-electron chi connectivity index (χ0n) is 11.7. The maximum Gasteiger partial charge on any atom is 0.269 e. The molecule has 0 aliphatic rings. The molecule has 0 bridgehead atoms. The minimum atomic E-state index is -0.0993. The maximum absolute atomic E-state index is 11.9. The largest absolute Gasteiger partial charge is 0.372 e. The average molecular weight is 249 g/mol. The van der Waals surface area contributed by atoms with Crippen molar-refractivity contribution in [3.63, 3.8) is 0 Å². The van der Waals surface area contributed by atoms with E-state index in [0.717, 1.165) is 18.8 Å². The van der Waals surface area contributed by atoms with Gasteiger partial charge in [0.2, 0.25) is 0 Å². The standard InChI is InChI=1S/C14H23N3O/c1-5-17(6-2)12-7-8-15-13(9-12)14(18)16-10-11(3)4/h7-9,11H,5-6,10H2,1-4H3,(H,16,18). The molecule has 0 aliphatic heterocycles. The average Bonchev–Trinajstić information content (AvgIpc) is 2.38. The van der Waals surface area contributed by atoms with E-state index in [1.165, 1.54) is 0 Å². The van der Waals surface area contributed by atoms with Gasteiger partial charge in [-0.05, 0) is 31.9 Å². The highest BCUT2D eigenvalue weighted by atomic mass is 16.1. The first kappa shape index (κ1) is 14.5. The second-order valence-corrected chi connectivity index (χ2v) is 4.68. The molecule has 18 heavy (non-hydrogen) atoms. The van der Waals surface area contributed by atoms with Crippen molar-refractivity contribution in [2.45, 2.75) is 27.7 Å². The lowest BCUT2D eigenvalue weighted by Gasteiger charge is -2.21. The summed E-state index contributed by atoms with van der Waals surface area (Å²) < 4.78 is 0. The van der Waals surface area contributed by atoms with Gasteiger partial charge in [0.1, 0.15) is 5.69 Å². The quantitative estimate of drug-likeness (QED) is 0.841. The van der Waals surface area contributed by atoms with E-state index in [0.29, 0.717) is 18.2 Å². The van der Waals surface area contributed by atoms with Crippen molar-refractivity contribution < 1.29 is 4.79 Å². The topological polar surface area (TPSA) is 45.2 Å². The number of anilines is 1. The summed E-state index contributed by atoms with van der Waals surface area (Å²) in [7, 11) is 0. The molecule has 0 fully saturated rings. The van der Waals surface area contributed by atoms with Crippen molar-refractivity contribution in [3.05, 3.63) is 24.0 Å². The molecule has 0 radical (unpaired) electrons. The molecule has 0 saturated heterocycles. The van der Waals surface area contributed by atoms with E-state index in [1.54, 1.807) is 6.20 Å². The van der Waals surface area contributed by atoms with Crippen LogP contribution in [0.4, 0.5) is 5.69 Å². The van der Waals surface area contributed by atoms with Crippen molar-refractivity contribution in [2.75, 3.05) is 24.5 Å². The third-order valence-corrected chi connectivity index (χ3v) is 2.78. The highest BCUT2D eigenvalue weighted by molar-refractivity contribution is 5.93. The van der Waals surface area contributed by atoms with Gasteiger partial charge in [-0.2, -0.15) is 0 Å². The summed E-state index contributed by atoms with van der Waals surface area (Å²) in [4.78, 5) is 18.2. The molecule has 1 heterocycles. The number of carbonyl (C=O) groups excluding carboxylic acids is 1. The smallest absolute Gasteiger partial charge is 0.269 e. The lowest BCUT2D eigenvalue weighted by Crippen LogP contribution is -2.28. The Morgan fingerprint density at radius 3 is 2.61 bits per heavy atom. The van der Waals surface area contributed by atoms with Crippen LogP contribution in [0.5, 0.6) is 0 Å². The molecule has 0 saturated carbocycles. The summed E-state index contributed by atoms with van der Waals surface area (Å²) in [5.41, 5.74) is 1.53. The van der Waals surface area contributed by atoms with E-state index in [-0.39, 0.29) is 5.91 Å². The molecule has 4 nitrogen and oxygen atoms in total. The molecule has 1 amide bonds. The van der Waals surface area contributed by atoms with Crippen LogP contribution in [0.25, 0.3) is 0 Å². The normalized spacial score (nSPS) is 10.5. The summed E-state index contributed by atoms with van der Waals surface area (Å²) in [6.45, 7) is 10.9. The Balaban J connectivity index is 2.78. The van der Waals surface area contributed by atoms with Crippen molar-refractivity contribution >= 4 is 11.6 Å². The van der Waals surface area contributed by atoms with Crippen LogP contribution < -0.4 is 10.2 Å². The van der Waals surface area contributed by atoms with Gasteiger partial charge in [0, 0.05) is 31.5 Å². The van der Waals surface area contributed by atoms with Gasteiger partial charge in [-0.15, -0.1) is 0 Å². The lowest BCUT2D eigenvalue weighted by atomic mass is 10.2. The molecular weight excluding hydrogens is 226 g/mol. The van der Waals surface area contributed by atoms with Gasteiger partial charge >= 0.3 is 0 Å². The molecule has 4 heteroatoms. The highest BCUT2D eigenvalue weighted by Crippen LogP contribution is 2.13. The van der Waals surface area contributed by atoms with Crippen LogP contribution in [0, 0.1) is 5.92 Å². The molecule has 1 N–H and O–H groups in total. The van der Waals surface area contributed by atoms with Crippen LogP contribution >= 0.6 is 0 Å². The Labute approximate surface area is 109 Å². The van der Waals surface area contributed by atoms with E-state index in [4.69, 9.17) is 0 Å². The Bertz CT molecular complexity index is 386. The number of amides is 1. The number of hydrogen-bond donors (Lipinski definition) is 1. The number of pyridine rings is 1. The number of aromatic nitrogens is 1. The molecule has 1 aromatic heterocycles. The third-order valence-electron chi connectivity index (χ3n) is 2.78. The molecule has 0 atom stereocenters. The van der Waals surface area contributed by atoms with Crippen molar-refractivity contribution in [1.29, 1.82) is 0 Å². The van der Waals surface area contributed by atoms with Crippen molar-refractivity contribution in [2.24, 2.45) is 5.92 Å². The van der Waals surface area contributed by atoms with Gasteiger partial charge in [0.05, 0.1) is 0 Å². The number of nitrogens with one attached hydrogen (secondary N) is 1. The number of rotatable bonds is 6. The molecule has 0 aliphatic carbocycles. The highest BCUT2D eigenvalue weighted by Gasteiger charge is 2.10. The molecule has 0 spiro atoms. The fraction of sp³-hybridized carbons (Fsp3) is 0.571. The van der Waals surface area contributed by atoms with E-state index in [9.17, 15) is 4.79 Å². The van der Waals surface area contributed by atoms with Gasteiger partial charge in [0.25, 0.3) is 5.91 Å². The zero-order chi connectivity index (χ0) is 13.5. The Hall–Kier alpha value is -1.58. The predicted octanol–water partition coefficient (Wildman–Crippen LogP) is 2.31. The summed E-state index contributed by atoms with van der Waals surface area (Å²) in [5, 5.41) is 2.88. The summed E-state index contributed by atoms with van der Waals surface area (Å²) >= 11 is 0. The number of carbonyl (C=O) groups is 1. The van der Waals surface area contributed by atoms with Crippen LogP contribution in [-0.2, 0) is 0 Å². The fourth-order valence-corrected chi connectivity index (χ4v) is 1.72. The second-order valence-electron chi connectivity index (χ2n) is 4.68.